The number of anilines is 6. The van der Waals surface area contributed by atoms with Crippen LogP contribution in [0.1, 0.15) is 0 Å². The summed E-state index contributed by atoms with van der Waals surface area (Å²) < 4.78 is 31.0. The van der Waals surface area contributed by atoms with Gasteiger partial charge in [0.2, 0.25) is 0 Å². The maximum absolute atomic E-state index is 17.2. The normalized spacial score (nSPS) is 11.8. The monoisotopic (exact) mass is 888 g/mol. The van der Waals surface area contributed by atoms with Gasteiger partial charge in [-0.25, -0.2) is 4.39 Å². The van der Waals surface area contributed by atoms with Crippen LogP contribution < -0.4 is 19.3 Å². The van der Waals surface area contributed by atoms with Crippen molar-refractivity contribution in [1.82, 2.24) is 0 Å². The number of ether oxygens (including phenoxy) is 2. The number of fused-ring (bicyclic) bond motifs is 4. The molecule has 326 valence electrons. The Hall–Kier alpha value is -9.19. The molecule has 11 aromatic carbocycles. The highest BCUT2D eigenvalue weighted by molar-refractivity contribution is 6.14. The SMILES string of the molecule is Fc1cc(-c2ccccc2)cc(-c2ccccc2)c1N(c1ccccc1)c1ccc2c(c1)Oc1ccc3c4c(ccc-2c14)Oc1cc(N(c2ccccc2)c2ccccc2-c2ccccc2)ccc1-3. The molecule has 5 heteroatoms. The standard InChI is InChI=1S/C64H41FN2O2/c65-56-39-45(42-18-6-1-7-19-42)38-55(44-22-10-3-11-23-44)64(56)67(47-26-14-5-15-27-47)49-31-33-52-54-35-36-58-62-53(34-37-59(63(54)62)69-61(52)41-49)51-32-30-48(40-60(51)68-58)66(46-24-12-4-13-25-46)57-29-17-16-28-50(57)43-20-8-2-9-21-43/h1-41H. The van der Waals surface area contributed by atoms with E-state index < -0.39 is 0 Å². The summed E-state index contributed by atoms with van der Waals surface area (Å²) >= 11 is 0. The molecule has 4 nitrogen and oxygen atoms in total. The molecule has 0 saturated heterocycles. The van der Waals surface area contributed by atoms with E-state index in [9.17, 15) is 0 Å². The molecule has 0 N–H and O–H groups in total. The first-order valence-electron chi connectivity index (χ1n) is 23.2. The van der Waals surface area contributed by atoms with Crippen molar-refractivity contribution in [3.05, 3.63) is 255 Å². The lowest BCUT2D eigenvalue weighted by atomic mass is 9.88. The van der Waals surface area contributed by atoms with Crippen LogP contribution >= 0.6 is 0 Å². The summed E-state index contributed by atoms with van der Waals surface area (Å²) in [5.74, 6) is 2.64. The first-order chi connectivity index (χ1) is 34.1. The Balaban J connectivity index is 0.914. The molecule has 13 rings (SSSR count). The van der Waals surface area contributed by atoms with Crippen molar-refractivity contribution in [2.24, 2.45) is 0 Å². The zero-order valence-corrected chi connectivity index (χ0v) is 37.3. The molecule has 0 atom stereocenters. The van der Waals surface area contributed by atoms with Crippen LogP contribution in [0.5, 0.6) is 23.0 Å². The highest BCUT2D eigenvalue weighted by Gasteiger charge is 2.31. The van der Waals surface area contributed by atoms with Gasteiger partial charge in [-0.2, -0.15) is 0 Å². The summed E-state index contributed by atoms with van der Waals surface area (Å²) in [6.07, 6.45) is 0. The predicted octanol–water partition coefficient (Wildman–Crippen LogP) is 18.5. The molecule has 0 amide bonds. The Morgan fingerprint density at radius 2 is 0.710 bits per heavy atom. The smallest absolute Gasteiger partial charge is 0.148 e. The molecular formula is C64H41FN2O2. The molecule has 2 aliphatic rings. The first-order valence-corrected chi connectivity index (χ1v) is 23.2. The van der Waals surface area contributed by atoms with Crippen molar-refractivity contribution in [3.63, 3.8) is 0 Å². The third-order valence-electron chi connectivity index (χ3n) is 13.3. The van der Waals surface area contributed by atoms with Crippen LogP contribution in [0.4, 0.5) is 38.5 Å². The minimum Gasteiger partial charge on any atom is -0.456 e. The number of benzene rings is 11. The fourth-order valence-electron chi connectivity index (χ4n) is 10.2. The van der Waals surface area contributed by atoms with Crippen molar-refractivity contribution < 1.29 is 13.9 Å². The Morgan fingerprint density at radius 1 is 0.275 bits per heavy atom. The average molecular weight is 889 g/mol. The number of rotatable bonds is 9. The van der Waals surface area contributed by atoms with Gasteiger partial charge >= 0.3 is 0 Å². The minimum absolute atomic E-state index is 0.334. The molecule has 0 radical (unpaired) electrons. The van der Waals surface area contributed by atoms with Crippen LogP contribution in [0.3, 0.4) is 0 Å². The van der Waals surface area contributed by atoms with Crippen molar-refractivity contribution >= 4 is 44.9 Å². The molecule has 0 fully saturated rings. The molecule has 2 heterocycles. The summed E-state index contributed by atoms with van der Waals surface area (Å²) in [5, 5.41) is 2.00. The fourth-order valence-corrected chi connectivity index (χ4v) is 10.2. The quantitative estimate of drug-likeness (QED) is 0.144. The van der Waals surface area contributed by atoms with E-state index in [-0.39, 0.29) is 5.82 Å². The highest BCUT2D eigenvalue weighted by Crippen LogP contribution is 2.57. The predicted molar refractivity (Wildman–Crippen MR) is 281 cm³/mol. The maximum Gasteiger partial charge on any atom is 0.148 e. The molecule has 11 aromatic rings. The van der Waals surface area contributed by atoms with Gasteiger partial charge in [0.15, 0.2) is 0 Å². The van der Waals surface area contributed by atoms with Gasteiger partial charge < -0.3 is 19.3 Å². The Kier molecular flexibility index (Phi) is 9.65. The molecule has 0 saturated carbocycles. The van der Waals surface area contributed by atoms with Crippen LogP contribution in [0.15, 0.2) is 249 Å². The van der Waals surface area contributed by atoms with Crippen molar-refractivity contribution in [3.8, 4) is 78.6 Å². The molecule has 0 bridgehead atoms. The van der Waals surface area contributed by atoms with E-state index in [2.05, 4.69) is 138 Å². The van der Waals surface area contributed by atoms with Gasteiger partial charge in [0, 0.05) is 62.2 Å². The summed E-state index contributed by atoms with van der Waals surface area (Å²) in [6.45, 7) is 0. The van der Waals surface area contributed by atoms with E-state index in [0.29, 0.717) is 11.4 Å². The lowest BCUT2D eigenvalue weighted by Crippen LogP contribution is -2.14. The zero-order chi connectivity index (χ0) is 45.8. The lowest BCUT2D eigenvalue weighted by molar-refractivity contribution is 0.480. The molecule has 0 aliphatic carbocycles. The van der Waals surface area contributed by atoms with Crippen molar-refractivity contribution in [2.45, 2.75) is 0 Å². The Labute approximate surface area is 400 Å². The largest absolute Gasteiger partial charge is 0.456 e. The summed E-state index contributed by atoms with van der Waals surface area (Å²) in [5.41, 5.74) is 14.9. The lowest BCUT2D eigenvalue weighted by Gasteiger charge is -2.31. The van der Waals surface area contributed by atoms with E-state index in [1.54, 1.807) is 6.07 Å². The molecule has 2 aliphatic heterocycles. The number of nitrogens with zero attached hydrogens (tertiary/aromatic N) is 2. The third kappa shape index (κ3) is 6.90. The van der Waals surface area contributed by atoms with Gasteiger partial charge in [0.05, 0.1) is 17.1 Å². The van der Waals surface area contributed by atoms with Gasteiger partial charge in [-0.3, -0.25) is 0 Å². The molecule has 0 spiro atoms. The number of para-hydroxylation sites is 3. The molecule has 0 aromatic heterocycles. The zero-order valence-electron chi connectivity index (χ0n) is 37.3. The van der Waals surface area contributed by atoms with Crippen LogP contribution in [-0.4, -0.2) is 0 Å². The second-order valence-electron chi connectivity index (χ2n) is 17.3. The van der Waals surface area contributed by atoms with Gasteiger partial charge in [0.25, 0.3) is 0 Å². The average Bonchev–Trinajstić information content (AvgIpc) is 3.41. The third-order valence-corrected chi connectivity index (χ3v) is 13.3. The van der Waals surface area contributed by atoms with E-state index >= 15 is 4.39 Å². The molecule has 0 unspecified atom stereocenters. The first kappa shape index (κ1) is 40.1. The van der Waals surface area contributed by atoms with Gasteiger partial charge in [0.1, 0.15) is 28.8 Å². The summed E-state index contributed by atoms with van der Waals surface area (Å²) in [6, 6.07) is 84.4. The van der Waals surface area contributed by atoms with Crippen LogP contribution in [0, 0.1) is 5.82 Å². The van der Waals surface area contributed by atoms with E-state index in [1.165, 1.54) is 0 Å². The van der Waals surface area contributed by atoms with E-state index in [4.69, 9.17) is 9.47 Å². The second kappa shape index (κ2) is 16.6. The second-order valence-corrected chi connectivity index (χ2v) is 17.3. The number of hydrogen-bond donors (Lipinski definition) is 0. The van der Waals surface area contributed by atoms with Gasteiger partial charge in [-0.1, -0.05) is 146 Å². The number of halogens is 1. The topological polar surface area (TPSA) is 24.9 Å². The van der Waals surface area contributed by atoms with Crippen LogP contribution in [0.2, 0.25) is 0 Å². The molecular weight excluding hydrogens is 848 g/mol. The van der Waals surface area contributed by atoms with E-state index in [0.717, 1.165) is 112 Å². The van der Waals surface area contributed by atoms with Crippen molar-refractivity contribution in [2.75, 3.05) is 9.80 Å². The highest BCUT2D eigenvalue weighted by atomic mass is 19.1. The van der Waals surface area contributed by atoms with Gasteiger partial charge in [-0.05, 0) is 124 Å². The fraction of sp³-hybridized carbons (Fsp3) is 0. The van der Waals surface area contributed by atoms with Crippen LogP contribution in [0.25, 0.3) is 66.4 Å². The van der Waals surface area contributed by atoms with Crippen LogP contribution in [-0.2, 0) is 0 Å². The Bertz CT molecular complexity index is 3730. The van der Waals surface area contributed by atoms with E-state index in [1.807, 2.05) is 114 Å². The number of hydrogen-bond acceptors (Lipinski definition) is 4. The molecule has 69 heavy (non-hydrogen) atoms. The van der Waals surface area contributed by atoms with Gasteiger partial charge in [-0.15, -0.1) is 0 Å². The minimum atomic E-state index is -0.334. The maximum atomic E-state index is 17.2. The Morgan fingerprint density at radius 3 is 1.26 bits per heavy atom. The summed E-state index contributed by atoms with van der Waals surface area (Å²) in [7, 11) is 0. The van der Waals surface area contributed by atoms with Crippen molar-refractivity contribution in [1.29, 1.82) is 0 Å². The summed E-state index contributed by atoms with van der Waals surface area (Å²) in [4.78, 5) is 4.31.